The summed E-state index contributed by atoms with van der Waals surface area (Å²) < 4.78 is 24.2. The van der Waals surface area contributed by atoms with Crippen molar-refractivity contribution in [3.8, 4) is 0 Å². The Morgan fingerprint density at radius 2 is 1.93 bits per heavy atom. The molecule has 2 fully saturated rings. The average molecular weight is 516 g/mol. The van der Waals surface area contributed by atoms with Gasteiger partial charge in [-0.05, 0) is 44.0 Å². The standard InChI is InChI=1S/C19H25FN6O2.HI/c1-13-23-18(28-24-13)17-7-6-16(27-17)12-22-19(21)26-10-8-25(9-11-26)15-4-2-14(20)3-5-15;/h2-5,16-17H,6-12H2,1H3,(H2,21,22);1H/t16-,17+;/m1./s1. The zero-order chi connectivity index (χ0) is 19.5. The summed E-state index contributed by atoms with van der Waals surface area (Å²) in [7, 11) is 0. The van der Waals surface area contributed by atoms with E-state index in [2.05, 4.69) is 24.9 Å². The van der Waals surface area contributed by atoms with Gasteiger partial charge in [0.25, 0.3) is 5.89 Å². The van der Waals surface area contributed by atoms with E-state index in [0.29, 0.717) is 24.2 Å². The molecular weight excluding hydrogens is 490 g/mol. The van der Waals surface area contributed by atoms with Gasteiger partial charge in [0.15, 0.2) is 11.8 Å². The quantitative estimate of drug-likeness (QED) is 0.379. The third-order valence-corrected chi connectivity index (χ3v) is 5.18. The maximum absolute atomic E-state index is 13.1. The van der Waals surface area contributed by atoms with Crippen LogP contribution in [0.25, 0.3) is 0 Å². The maximum Gasteiger partial charge on any atom is 0.255 e. The minimum Gasteiger partial charge on any atom is -0.370 e. The second kappa shape index (κ2) is 9.70. The molecule has 0 spiro atoms. The van der Waals surface area contributed by atoms with Crippen LogP contribution in [0.4, 0.5) is 10.1 Å². The van der Waals surface area contributed by atoms with Crippen LogP contribution in [0.3, 0.4) is 0 Å². The second-order valence-corrected chi connectivity index (χ2v) is 7.15. The van der Waals surface area contributed by atoms with Crippen LogP contribution in [0.1, 0.15) is 30.7 Å². The van der Waals surface area contributed by atoms with E-state index in [1.54, 1.807) is 19.1 Å². The molecule has 0 saturated carbocycles. The SMILES string of the molecule is Cc1noc([C@@H]2CC[C@H](CN=C(N)N3CCN(c4ccc(F)cc4)CC3)O2)n1.I. The van der Waals surface area contributed by atoms with Crippen molar-refractivity contribution in [3.63, 3.8) is 0 Å². The number of ether oxygens (including phenoxy) is 1. The van der Waals surface area contributed by atoms with Crippen molar-refractivity contribution in [1.82, 2.24) is 15.0 Å². The Hall–Kier alpha value is -1.95. The molecule has 2 N–H and O–H groups in total. The van der Waals surface area contributed by atoms with Gasteiger partial charge >= 0.3 is 0 Å². The van der Waals surface area contributed by atoms with Gasteiger partial charge < -0.3 is 24.8 Å². The van der Waals surface area contributed by atoms with Crippen molar-refractivity contribution in [1.29, 1.82) is 0 Å². The van der Waals surface area contributed by atoms with Gasteiger partial charge in [-0.15, -0.1) is 24.0 Å². The van der Waals surface area contributed by atoms with Gasteiger partial charge in [0.2, 0.25) is 0 Å². The van der Waals surface area contributed by atoms with Crippen molar-refractivity contribution >= 4 is 35.6 Å². The Morgan fingerprint density at radius 1 is 1.21 bits per heavy atom. The van der Waals surface area contributed by atoms with Crippen molar-refractivity contribution in [2.75, 3.05) is 37.6 Å². The number of nitrogens with zero attached hydrogens (tertiary/aromatic N) is 5. The van der Waals surface area contributed by atoms with Crippen molar-refractivity contribution in [2.24, 2.45) is 10.7 Å². The first-order valence-corrected chi connectivity index (χ1v) is 9.59. The fraction of sp³-hybridized carbons (Fsp3) is 0.526. The Balaban J connectivity index is 0.00000240. The lowest BCUT2D eigenvalue weighted by molar-refractivity contribution is 0.0308. The number of nitrogens with two attached hydrogens (primary N) is 1. The number of rotatable bonds is 4. The van der Waals surface area contributed by atoms with Crippen LogP contribution in [0.2, 0.25) is 0 Å². The number of aliphatic imine (C=N–C) groups is 1. The summed E-state index contributed by atoms with van der Waals surface area (Å²) in [5.74, 6) is 1.47. The van der Waals surface area contributed by atoms with Gasteiger partial charge in [0.05, 0.1) is 12.6 Å². The number of halogens is 2. The molecule has 4 rings (SSSR count). The largest absolute Gasteiger partial charge is 0.370 e. The molecule has 29 heavy (non-hydrogen) atoms. The van der Waals surface area contributed by atoms with Crippen LogP contribution in [0, 0.1) is 12.7 Å². The Bertz CT molecular complexity index is 822. The van der Waals surface area contributed by atoms with Gasteiger partial charge in [-0.1, -0.05) is 5.16 Å². The molecule has 0 radical (unpaired) electrons. The van der Waals surface area contributed by atoms with Gasteiger partial charge in [-0.3, -0.25) is 4.99 Å². The third kappa shape index (κ3) is 5.35. The number of hydrogen-bond donors (Lipinski definition) is 1. The molecule has 2 saturated heterocycles. The zero-order valence-corrected chi connectivity index (χ0v) is 18.7. The minimum absolute atomic E-state index is 0. The molecule has 1 aromatic carbocycles. The highest BCUT2D eigenvalue weighted by molar-refractivity contribution is 14.0. The van der Waals surface area contributed by atoms with Crippen LogP contribution in [0.5, 0.6) is 0 Å². The first kappa shape index (κ1) is 21.8. The molecule has 0 amide bonds. The molecule has 0 aliphatic carbocycles. The highest BCUT2D eigenvalue weighted by Crippen LogP contribution is 2.31. The molecule has 2 aromatic rings. The summed E-state index contributed by atoms with van der Waals surface area (Å²) in [5.41, 5.74) is 7.22. The summed E-state index contributed by atoms with van der Waals surface area (Å²) in [6.45, 7) is 5.51. The minimum atomic E-state index is -0.218. The van der Waals surface area contributed by atoms with Crippen LogP contribution >= 0.6 is 24.0 Å². The molecule has 158 valence electrons. The molecular formula is C19H26FIN6O2. The smallest absolute Gasteiger partial charge is 0.255 e. The average Bonchev–Trinajstić information content (AvgIpc) is 3.36. The lowest BCUT2D eigenvalue weighted by atomic mass is 10.2. The number of benzene rings is 1. The number of guanidine groups is 1. The predicted octanol–water partition coefficient (Wildman–Crippen LogP) is 2.49. The normalized spacial score (nSPS) is 22.6. The van der Waals surface area contributed by atoms with Crippen molar-refractivity contribution in [3.05, 3.63) is 41.8 Å². The van der Waals surface area contributed by atoms with Gasteiger partial charge in [0, 0.05) is 31.9 Å². The lowest BCUT2D eigenvalue weighted by Crippen LogP contribution is -2.51. The Labute approximate surface area is 186 Å². The van der Waals surface area contributed by atoms with Gasteiger partial charge in [0.1, 0.15) is 11.9 Å². The number of piperazine rings is 1. The van der Waals surface area contributed by atoms with Gasteiger partial charge in [-0.25, -0.2) is 4.39 Å². The van der Waals surface area contributed by atoms with Crippen LogP contribution in [-0.4, -0.2) is 59.8 Å². The number of aromatic nitrogens is 2. The van der Waals surface area contributed by atoms with Crippen molar-refractivity contribution in [2.45, 2.75) is 32.0 Å². The monoisotopic (exact) mass is 516 g/mol. The second-order valence-electron chi connectivity index (χ2n) is 7.15. The summed E-state index contributed by atoms with van der Waals surface area (Å²) in [6, 6.07) is 6.59. The van der Waals surface area contributed by atoms with E-state index >= 15 is 0 Å². The molecule has 2 aliphatic heterocycles. The number of hydrogen-bond acceptors (Lipinski definition) is 6. The Kier molecular flexibility index (Phi) is 7.28. The van der Waals surface area contributed by atoms with Crippen LogP contribution in [0.15, 0.2) is 33.8 Å². The van der Waals surface area contributed by atoms with E-state index in [1.807, 2.05) is 0 Å². The highest BCUT2D eigenvalue weighted by atomic mass is 127. The predicted molar refractivity (Wildman–Crippen MR) is 118 cm³/mol. The molecule has 1 aromatic heterocycles. The Morgan fingerprint density at radius 3 is 2.59 bits per heavy atom. The lowest BCUT2D eigenvalue weighted by Gasteiger charge is -2.36. The molecule has 3 heterocycles. The fourth-order valence-electron chi connectivity index (χ4n) is 3.61. The van der Waals surface area contributed by atoms with Gasteiger partial charge in [-0.2, -0.15) is 4.98 Å². The number of aryl methyl sites for hydroxylation is 1. The van der Waals surface area contributed by atoms with E-state index in [0.717, 1.165) is 44.7 Å². The van der Waals surface area contributed by atoms with E-state index in [1.165, 1.54) is 12.1 Å². The summed E-state index contributed by atoms with van der Waals surface area (Å²) in [6.07, 6.45) is 1.59. The number of anilines is 1. The molecule has 2 aliphatic rings. The molecule has 8 nitrogen and oxygen atoms in total. The first-order valence-electron chi connectivity index (χ1n) is 9.59. The maximum atomic E-state index is 13.1. The highest BCUT2D eigenvalue weighted by Gasteiger charge is 2.30. The van der Waals surface area contributed by atoms with E-state index in [9.17, 15) is 4.39 Å². The summed E-state index contributed by atoms with van der Waals surface area (Å²) in [4.78, 5) is 13.1. The zero-order valence-electron chi connectivity index (χ0n) is 16.3. The van der Waals surface area contributed by atoms with Crippen molar-refractivity contribution < 1.29 is 13.7 Å². The molecule has 2 atom stereocenters. The topological polar surface area (TPSA) is 93.0 Å². The van der Waals surface area contributed by atoms with Crippen LogP contribution in [-0.2, 0) is 4.74 Å². The summed E-state index contributed by atoms with van der Waals surface area (Å²) in [5, 5.41) is 3.81. The summed E-state index contributed by atoms with van der Waals surface area (Å²) >= 11 is 0. The van der Waals surface area contributed by atoms with E-state index in [4.69, 9.17) is 15.0 Å². The molecule has 0 unspecified atom stereocenters. The fourth-order valence-corrected chi connectivity index (χ4v) is 3.61. The molecule has 0 bridgehead atoms. The third-order valence-electron chi connectivity index (χ3n) is 5.18. The molecule has 10 heteroatoms. The first-order chi connectivity index (χ1) is 13.6. The van der Waals surface area contributed by atoms with E-state index in [-0.39, 0.29) is 42.0 Å². The van der Waals surface area contributed by atoms with Crippen LogP contribution < -0.4 is 10.6 Å². The van der Waals surface area contributed by atoms with E-state index < -0.39 is 0 Å².